The second-order valence-corrected chi connectivity index (χ2v) is 15.5. The van der Waals surface area contributed by atoms with Crippen molar-refractivity contribution >= 4 is 24.0 Å². The first kappa shape index (κ1) is 39.2. The molecule has 3 atom stereocenters. The minimum atomic E-state index is -5.05. The number of hydrogen-bond donors (Lipinski definition) is 2. The van der Waals surface area contributed by atoms with Crippen molar-refractivity contribution in [1.82, 2.24) is 24.0 Å². The Morgan fingerprint density at radius 3 is 1.92 bits per heavy atom. The summed E-state index contributed by atoms with van der Waals surface area (Å²) in [7, 11) is 1.00. The summed E-state index contributed by atoms with van der Waals surface area (Å²) >= 11 is 5.93. The summed E-state index contributed by atoms with van der Waals surface area (Å²) in [5.41, 5.74) is 0.937. The summed E-state index contributed by atoms with van der Waals surface area (Å²) in [5, 5.41) is 0. The van der Waals surface area contributed by atoms with Gasteiger partial charge in [-0.05, 0) is 47.7 Å². The molecule has 3 unspecified atom stereocenters. The fourth-order valence-corrected chi connectivity index (χ4v) is 7.95. The second kappa shape index (κ2) is 16.3. The van der Waals surface area contributed by atoms with Crippen molar-refractivity contribution in [1.29, 1.82) is 0 Å². The van der Waals surface area contributed by atoms with Gasteiger partial charge in [0.25, 0.3) is 5.56 Å². The van der Waals surface area contributed by atoms with E-state index in [1.165, 1.54) is 10.8 Å². The molecule has 1 fully saturated rings. The first-order valence-corrected chi connectivity index (χ1v) is 19.1. The van der Waals surface area contributed by atoms with Gasteiger partial charge in [0.15, 0.2) is 6.23 Å². The number of morpholine rings is 1. The zero-order chi connectivity index (χ0) is 37.7. The topological polar surface area (TPSA) is 128 Å². The lowest BCUT2D eigenvalue weighted by Crippen LogP contribution is -2.57. The highest BCUT2D eigenvalue weighted by molar-refractivity contribution is 7.82. The van der Waals surface area contributed by atoms with Crippen LogP contribution in [0, 0.1) is 6.92 Å². The van der Waals surface area contributed by atoms with Gasteiger partial charge in [0, 0.05) is 51.5 Å². The number of aromatic nitrogens is 2. The molecular formula is C36H40ClF3N5O6P. The molecule has 0 saturated carbocycles. The van der Waals surface area contributed by atoms with Gasteiger partial charge in [0.1, 0.15) is 0 Å². The van der Waals surface area contributed by atoms with Gasteiger partial charge in [0.05, 0.1) is 11.6 Å². The molecule has 11 nitrogen and oxygen atoms in total. The third-order valence-corrected chi connectivity index (χ3v) is 11.0. The number of ether oxygens (including phenoxy) is 1. The maximum atomic E-state index is 13.3. The van der Waals surface area contributed by atoms with Crippen LogP contribution in [0.5, 0.6) is 0 Å². The minimum absolute atomic E-state index is 0.0684. The van der Waals surface area contributed by atoms with Crippen LogP contribution in [0.4, 0.5) is 13.2 Å². The Morgan fingerprint density at radius 2 is 1.44 bits per heavy atom. The van der Waals surface area contributed by atoms with E-state index in [9.17, 15) is 37.0 Å². The van der Waals surface area contributed by atoms with E-state index in [1.54, 1.807) is 6.92 Å². The number of benzene rings is 3. The molecule has 278 valence electrons. The summed E-state index contributed by atoms with van der Waals surface area (Å²) in [6, 6.07) is 29.5. The van der Waals surface area contributed by atoms with Crippen LogP contribution < -0.4 is 11.2 Å². The molecule has 3 aromatic carbocycles. The summed E-state index contributed by atoms with van der Waals surface area (Å²) in [5.74, 6) is -2.02. The highest BCUT2D eigenvalue weighted by atomic mass is 35.7. The van der Waals surface area contributed by atoms with Crippen molar-refractivity contribution in [3.63, 3.8) is 0 Å². The van der Waals surface area contributed by atoms with Gasteiger partial charge in [-0.2, -0.15) is 13.2 Å². The SMILES string of the molecule is Cc1cn(C2CN(C(c3ccccc3)(c3ccccc3)c3ccccc3)CC(CCN(CCCN(C)C(=O)C(F)(F)F)P(=O)(O)Cl)O2)c(=O)[nH]c1=O. The van der Waals surface area contributed by atoms with E-state index in [0.717, 1.165) is 28.4 Å². The molecule has 1 aliphatic rings. The third kappa shape index (κ3) is 8.76. The first-order chi connectivity index (χ1) is 24.6. The number of halogens is 4. The van der Waals surface area contributed by atoms with Crippen LogP contribution in [0.2, 0.25) is 0 Å². The number of carbonyl (C=O) groups excluding carboxylic acids is 1. The van der Waals surface area contributed by atoms with Gasteiger partial charge in [-0.25, -0.2) is 9.46 Å². The number of H-pyrrole nitrogens is 1. The Morgan fingerprint density at radius 1 is 0.923 bits per heavy atom. The smallest absolute Gasteiger partial charge is 0.352 e. The third-order valence-electron chi connectivity index (χ3n) is 9.21. The van der Waals surface area contributed by atoms with E-state index in [4.69, 9.17) is 16.0 Å². The van der Waals surface area contributed by atoms with Crippen molar-refractivity contribution < 1.29 is 32.2 Å². The van der Waals surface area contributed by atoms with E-state index in [1.807, 2.05) is 91.0 Å². The van der Waals surface area contributed by atoms with Crippen LogP contribution in [0.1, 0.15) is 41.3 Å². The van der Waals surface area contributed by atoms with Crippen molar-refractivity contribution in [3.8, 4) is 0 Å². The van der Waals surface area contributed by atoms with Crippen molar-refractivity contribution in [2.45, 2.75) is 43.8 Å². The Bertz CT molecular complexity index is 1880. The molecule has 2 N–H and O–H groups in total. The summed E-state index contributed by atoms with van der Waals surface area (Å²) in [6.07, 6.45) is -5.17. The summed E-state index contributed by atoms with van der Waals surface area (Å²) in [4.78, 5) is 52.6. The highest BCUT2D eigenvalue weighted by Crippen LogP contribution is 2.51. The molecule has 4 aromatic rings. The highest BCUT2D eigenvalue weighted by Gasteiger charge is 2.47. The number of amides is 1. The lowest BCUT2D eigenvalue weighted by Gasteiger charge is -2.51. The standard InChI is InChI=1S/C36H40ClF3N5O6P/c1-26-23-45(34(48)41-32(26)46)31-25-43(24-30(51-31)19-22-44(52(37,49)50)21-12-20-42(2)33(47)36(38,39)40)35(27-13-6-3-7-14-27,28-15-8-4-9-16-28)29-17-10-5-11-18-29/h3-11,13-18,23,30-31H,12,19-22,24-25H2,1-2H3,(H,49,50)(H,41,46,48). The molecular weight excluding hydrogens is 722 g/mol. The Labute approximate surface area is 303 Å². The number of alkyl halides is 3. The number of nitrogens with one attached hydrogen (secondary N) is 1. The molecule has 0 bridgehead atoms. The number of aromatic amines is 1. The van der Waals surface area contributed by atoms with E-state index in [-0.39, 0.29) is 45.6 Å². The van der Waals surface area contributed by atoms with Crippen molar-refractivity contribution in [2.24, 2.45) is 0 Å². The van der Waals surface area contributed by atoms with E-state index < -0.39 is 48.1 Å². The normalized spacial score (nSPS) is 18.2. The predicted molar refractivity (Wildman–Crippen MR) is 191 cm³/mol. The number of rotatable bonds is 13. The maximum absolute atomic E-state index is 13.3. The van der Waals surface area contributed by atoms with Crippen molar-refractivity contribution in [3.05, 3.63) is 140 Å². The molecule has 52 heavy (non-hydrogen) atoms. The average molecular weight is 762 g/mol. The fourth-order valence-electron chi connectivity index (χ4n) is 6.75. The molecule has 1 aliphatic heterocycles. The number of aryl methyl sites for hydroxylation is 1. The van der Waals surface area contributed by atoms with Crippen LogP contribution in [-0.2, 0) is 19.6 Å². The molecule has 0 aliphatic carbocycles. The Balaban J connectivity index is 1.54. The predicted octanol–water partition coefficient (Wildman–Crippen LogP) is 5.48. The van der Waals surface area contributed by atoms with Gasteiger partial charge in [-0.3, -0.25) is 28.6 Å². The zero-order valence-electron chi connectivity index (χ0n) is 28.6. The second-order valence-electron chi connectivity index (χ2n) is 12.7. The Kier molecular flexibility index (Phi) is 12.3. The molecule has 2 heterocycles. The van der Waals surface area contributed by atoms with Crippen LogP contribution >= 0.6 is 18.1 Å². The molecule has 1 saturated heterocycles. The van der Waals surface area contributed by atoms with Crippen molar-refractivity contribution in [2.75, 3.05) is 39.8 Å². The Hall–Kier alpha value is -4.04. The van der Waals surface area contributed by atoms with Crippen LogP contribution in [0.25, 0.3) is 0 Å². The van der Waals surface area contributed by atoms with Gasteiger partial charge in [-0.1, -0.05) is 91.0 Å². The van der Waals surface area contributed by atoms with Crippen LogP contribution in [-0.4, -0.2) is 86.9 Å². The molecule has 0 radical (unpaired) electrons. The zero-order valence-corrected chi connectivity index (χ0v) is 30.2. The monoisotopic (exact) mass is 761 g/mol. The van der Waals surface area contributed by atoms with Crippen LogP contribution in [0.15, 0.2) is 107 Å². The molecule has 5 rings (SSSR count). The fraction of sp³-hybridized carbons (Fsp3) is 0.361. The molecule has 16 heteroatoms. The number of nitrogens with zero attached hydrogens (tertiary/aromatic N) is 4. The average Bonchev–Trinajstić information content (AvgIpc) is 3.11. The van der Waals surface area contributed by atoms with Gasteiger partial charge < -0.3 is 14.5 Å². The summed E-state index contributed by atoms with van der Waals surface area (Å²) in [6.45, 7) is -3.03. The number of hydrogen-bond acceptors (Lipinski definition) is 6. The maximum Gasteiger partial charge on any atom is 0.471 e. The van der Waals surface area contributed by atoms with E-state index in [2.05, 4.69) is 9.88 Å². The van der Waals surface area contributed by atoms with Gasteiger partial charge in [0.2, 0.25) is 0 Å². The molecule has 1 amide bonds. The lowest BCUT2D eigenvalue weighted by molar-refractivity contribution is -0.184. The van der Waals surface area contributed by atoms with Crippen LogP contribution in [0.3, 0.4) is 0 Å². The largest absolute Gasteiger partial charge is 0.471 e. The quantitative estimate of drug-likeness (QED) is 0.136. The van der Waals surface area contributed by atoms with E-state index >= 15 is 0 Å². The molecule has 0 spiro atoms. The van der Waals surface area contributed by atoms with Gasteiger partial charge in [-0.15, -0.1) is 0 Å². The first-order valence-electron chi connectivity index (χ1n) is 16.6. The lowest BCUT2D eigenvalue weighted by atomic mass is 9.75. The summed E-state index contributed by atoms with van der Waals surface area (Å²) < 4.78 is 60.4. The van der Waals surface area contributed by atoms with Gasteiger partial charge >= 0.3 is 24.6 Å². The van der Waals surface area contributed by atoms with E-state index in [0.29, 0.717) is 10.5 Å². The molecule has 1 aromatic heterocycles. The number of carbonyl (C=O) groups is 1. The minimum Gasteiger partial charge on any atom is -0.352 e.